The normalized spacial score (nSPS) is 11.6. The molecule has 1 amide bonds. The van der Waals surface area contributed by atoms with Crippen LogP contribution in [-0.2, 0) is 22.4 Å². The van der Waals surface area contributed by atoms with Crippen LogP contribution in [0.4, 0.5) is 0 Å². The molecular formula is C23H21NO3. The summed E-state index contributed by atoms with van der Waals surface area (Å²) in [5.41, 5.74) is 8.53. The topological polar surface area (TPSA) is 69.4 Å². The lowest BCUT2D eigenvalue weighted by Crippen LogP contribution is -2.26. The summed E-state index contributed by atoms with van der Waals surface area (Å²) in [5.74, 6) is -1.25. The fourth-order valence-corrected chi connectivity index (χ4v) is 2.95. The van der Waals surface area contributed by atoms with Gasteiger partial charge in [0, 0.05) is 5.56 Å². The molecule has 0 unspecified atom stereocenters. The van der Waals surface area contributed by atoms with E-state index in [1.165, 1.54) is 5.56 Å². The van der Waals surface area contributed by atoms with Gasteiger partial charge >= 0.3 is 5.97 Å². The second-order valence-electron chi connectivity index (χ2n) is 6.24. The average Bonchev–Trinajstić information content (AvgIpc) is 2.71. The molecule has 3 aromatic carbocycles. The van der Waals surface area contributed by atoms with E-state index in [9.17, 15) is 9.59 Å². The summed E-state index contributed by atoms with van der Waals surface area (Å²) < 4.78 is 5.46. The van der Waals surface area contributed by atoms with Crippen LogP contribution in [0.25, 0.3) is 0 Å². The van der Waals surface area contributed by atoms with Crippen molar-refractivity contribution in [3.8, 4) is 0 Å². The molecule has 0 spiro atoms. The number of nitrogens with two attached hydrogens (primary N) is 1. The number of carbonyl (C=O) groups excluding carboxylic acids is 2. The van der Waals surface area contributed by atoms with Crippen LogP contribution in [0, 0.1) is 0 Å². The van der Waals surface area contributed by atoms with Gasteiger partial charge in [-0.25, -0.2) is 4.79 Å². The van der Waals surface area contributed by atoms with Crippen molar-refractivity contribution in [3.05, 3.63) is 107 Å². The number of ether oxygens (including phenoxy) is 1. The van der Waals surface area contributed by atoms with E-state index in [0.717, 1.165) is 12.0 Å². The molecule has 27 heavy (non-hydrogen) atoms. The fraction of sp³-hybridized carbons (Fsp3) is 0.130. The zero-order valence-electron chi connectivity index (χ0n) is 14.9. The fourth-order valence-electron chi connectivity index (χ4n) is 2.95. The number of hydrogen-bond acceptors (Lipinski definition) is 3. The van der Waals surface area contributed by atoms with Crippen molar-refractivity contribution in [2.45, 2.75) is 18.9 Å². The molecule has 0 fully saturated rings. The van der Waals surface area contributed by atoms with Gasteiger partial charge in [-0.1, -0.05) is 78.9 Å². The predicted octanol–water partition coefficient (Wildman–Crippen LogP) is 3.86. The van der Waals surface area contributed by atoms with E-state index in [1.54, 1.807) is 36.4 Å². The number of carbonyl (C=O) groups is 2. The van der Waals surface area contributed by atoms with Crippen LogP contribution in [0.1, 0.15) is 33.2 Å². The zero-order valence-corrected chi connectivity index (χ0v) is 14.9. The molecule has 0 aromatic heterocycles. The summed E-state index contributed by atoms with van der Waals surface area (Å²) in [5, 5.41) is 0. The monoisotopic (exact) mass is 359 g/mol. The van der Waals surface area contributed by atoms with E-state index >= 15 is 0 Å². The van der Waals surface area contributed by atoms with Crippen molar-refractivity contribution in [2.24, 2.45) is 5.73 Å². The molecule has 0 aliphatic carbocycles. The van der Waals surface area contributed by atoms with E-state index < -0.39 is 18.0 Å². The van der Waals surface area contributed by atoms with Crippen LogP contribution in [0.5, 0.6) is 0 Å². The van der Waals surface area contributed by atoms with Gasteiger partial charge in [-0.15, -0.1) is 0 Å². The Morgan fingerprint density at radius 2 is 1.37 bits per heavy atom. The summed E-state index contributed by atoms with van der Waals surface area (Å²) >= 11 is 0. The lowest BCUT2D eigenvalue weighted by atomic mass is 10.00. The van der Waals surface area contributed by atoms with Gasteiger partial charge in [0.25, 0.3) is 5.91 Å². The SMILES string of the molecule is NC(=O)[C@H](OC(=O)c1ccccc1CCc1ccccc1)c1ccccc1. The van der Waals surface area contributed by atoms with Crippen molar-refractivity contribution < 1.29 is 14.3 Å². The number of rotatable bonds is 7. The number of esters is 1. The molecule has 3 aromatic rings. The smallest absolute Gasteiger partial charge is 0.339 e. The van der Waals surface area contributed by atoms with Crippen LogP contribution in [-0.4, -0.2) is 11.9 Å². The second kappa shape index (κ2) is 8.81. The molecule has 0 bridgehead atoms. The predicted molar refractivity (Wildman–Crippen MR) is 104 cm³/mol. The quantitative estimate of drug-likeness (QED) is 0.651. The van der Waals surface area contributed by atoms with Crippen molar-refractivity contribution >= 4 is 11.9 Å². The minimum absolute atomic E-state index is 0.454. The first-order chi connectivity index (χ1) is 13.1. The first kappa shape index (κ1) is 18.4. The zero-order chi connectivity index (χ0) is 19.1. The molecular weight excluding hydrogens is 338 g/mol. The van der Waals surface area contributed by atoms with Gasteiger partial charge in [0.1, 0.15) is 0 Å². The Balaban J connectivity index is 1.77. The molecule has 1 atom stereocenters. The number of primary amides is 1. The van der Waals surface area contributed by atoms with E-state index in [1.807, 2.05) is 36.4 Å². The van der Waals surface area contributed by atoms with Gasteiger partial charge in [0.2, 0.25) is 6.10 Å². The van der Waals surface area contributed by atoms with E-state index in [4.69, 9.17) is 10.5 Å². The number of aryl methyl sites for hydroxylation is 2. The Morgan fingerprint density at radius 1 is 0.778 bits per heavy atom. The van der Waals surface area contributed by atoms with Gasteiger partial charge in [-0.2, -0.15) is 0 Å². The molecule has 0 saturated carbocycles. The van der Waals surface area contributed by atoms with Gasteiger partial charge < -0.3 is 10.5 Å². The summed E-state index contributed by atoms with van der Waals surface area (Å²) in [4.78, 5) is 24.5. The highest BCUT2D eigenvalue weighted by molar-refractivity contribution is 5.93. The Bertz CT molecular complexity index is 907. The van der Waals surface area contributed by atoms with Crippen LogP contribution in [0.15, 0.2) is 84.9 Å². The largest absolute Gasteiger partial charge is 0.444 e. The van der Waals surface area contributed by atoms with Crippen molar-refractivity contribution in [1.29, 1.82) is 0 Å². The molecule has 4 heteroatoms. The summed E-state index contributed by atoms with van der Waals surface area (Å²) in [7, 11) is 0. The maximum atomic E-state index is 12.7. The third kappa shape index (κ3) is 4.82. The maximum Gasteiger partial charge on any atom is 0.339 e. The molecule has 0 saturated heterocycles. The van der Waals surface area contributed by atoms with Crippen molar-refractivity contribution in [2.75, 3.05) is 0 Å². The summed E-state index contributed by atoms with van der Waals surface area (Å²) in [6, 6.07) is 26.1. The third-order valence-electron chi connectivity index (χ3n) is 4.35. The first-order valence-corrected chi connectivity index (χ1v) is 8.82. The van der Waals surface area contributed by atoms with Crippen LogP contribution < -0.4 is 5.73 Å². The summed E-state index contributed by atoms with van der Waals surface area (Å²) in [6.07, 6.45) is 0.395. The molecule has 4 nitrogen and oxygen atoms in total. The van der Waals surface area contributed by atoms with Crippen molar-refractivity contribution in [1.82, 2.24) is 0 Å². The molecule has 0 aliphatic heterocycles. The van der Waals surface area contributed by atoms with Gasteiger partial charge in [0.05, 0.1) is 5.56 Å². The third-order valence-corrected chi connectivity index (χ3v) is 4.35. The highest BCUT2D eigenvalue weighted by atomic mass is 16.5. The highest BCUT2D eigenvalue weighted by Crippen LogP contribution is 2.21. The molecule has 0 aliphatic rings. The van der Waals surface area contributed by atoms with Crippen LogP contribution in [0.3, 0.4) is 0 Å². The van der Waals surface area contributed by atoms with E-state index in [-0.39, 0.29) is 0 Å². The second-order valence-corrected chi connectivity index (χ2v) is 6.24. The summed E-state index contributed by atoms with van der Waals surface area (Å²) in [6.45, 7) is 0. The minimum atomic E-state index is -1.11. The van der Waals surface area contributed by atoms with Gasteiger partial charge in [-0.05, 0) is 30.0 Å². The minimum Gasteiger partial charge on any atom is -0.444 e. The van der Waals surface area contributed by atoms with Gasteiger partial charge in [0.15, 0.2) is 0 Å². The van der Waals surface area contributed by atoms with Crippen LogP contribution in [0.2, 0.25) is 0 Å². The standard InChI is InChI=1S/C23H21NO3/c24-22(25)21(19-12-5-2-6-13-19)27-23(26)20-14-8-7-11-18(20)16-15-17-9-3-1-4-10-17/h1-14,21H,15-16H2,(H2,24,25)/t21-/m1/s1. The van der Waals surface area contributed by atoms with Crippen LogP contribution >= 0.6 is 0 Å². The molecule has 0 radical (unpaired) electrons. The first-order valence-electron chi connectivity index (χ1n) is 8.82. The Hall–Kier alpha value is -3.40. The van der Waals surface area contributed by atoms with Gasteiger partial charge in [-0.3, -0.25) is 4.79 Å². The maximum absolute atomic E-state index is 12.7. The van der Waals surface area contributed by atoms with E-state index in [2.05, 4.69) is 12.1 Å². The Morgan fingerprint density at radius 3 is 2.04 bits per heavy atom. The van der Waals surface area contributed by atoms with E-state index in [0.29, 0.717) is 17.5 Å². The number of amides is 1. The molecule has 3 rings (SSSR count). The molecule has 2 N–H and O–H groups in total. The molecule has 0 heterocycles. The lowest BCUT2D eigenvalue weighted by molar-refractivity contribution is -0.127. The Kier molecular flexibility index (Phi) is 6.00. The molecule has 136 valence electrons. The lowest BCUT2D eigenvalue weighted by Gasteiger charge is -2.16. The number of hydrogen-bond donors (Lipinski definition) is 1. The highest BCUT2D eigenvalue weighted by Gasteiger charge is 2.24. The van der Waals surface area contributed by atoms with Crippen molar-refractivity contribution in [3.63, 3.8) is 0 Å². The Labute approximate surface area is 158 Å². The average molecular weight is 359 g/mol. The number of benzene rings is 3.